The summed E-state index contributed by atoms with van der Waals surface area (Å²) in [6.07, 6.45) is -1.04. The summed E-state index contributed by atoms with van der Waals surface area (Å²) < 4.78 is 5.65. The van der Waals surface area contributed by atoms with Crippen LogP contribution in [-0.4, -0.2) is 33.1 Å². The normalized spacial score (nSPS) is 43.7. The van der Waals surface area contributed by atoms with Gasteiger partial charge >= 0.3 is 0 Å². The Bertz CT molecular complexity index is 98.2. The Balaban J connectivity index is 2.38. The third-order valence-electron chi connectivity index (χ3n) is 1.36. The summed E-state index contributed by atoms with van der Waals surface area (Å²) in [6, 6.07) is 0. The molecular weight excluding hydrogens is 235 g/mol. The largest absolute Gasteiger partial charge is 0.390 e. The lowest BCUT2D eigenvalue weighted by atomic mass is 10.2. The van der Waals surface area contributed by atoms with E-state index in [0.29, 0.717) is 6.42 Å². The van der Waals surface area contributed by atoms with E-state index < -0.39 is 12.4 Å². The molecule has 4 heteroatoms. The maximum Gasteiger partial charge on any atom is 0.157 e. The molecule has 0 aromatic heterocycles. The number of ether oxygens (including phenoxy) is 1. The molecule has 9 heavy (non-hydrogen) atoms. The molecule has 0 spiro atoms. The van der Waals surface area contributed by atoms with Gasteiger partial charge in [-0.05, 0) is 0 Å². The van der Waals surface area contributed by atoms with Gasteiger partial charge in [0.25, 0.3) is 0 Å². The lowest BCUT2D eigenvalue weighted by Gasteiger charge is -2.07. The molecule has 3 atom stereocenters. The second kappa shape index (κ2) is 3.14. The Morgan fingerprint density at radius 3 is 2.44 bits per heavy atom. The van der Waals surface area contributed by atoms with Gasteiger partial charge in [0.1, 0.15) is 0 Å². The van der Waals surface area contributed by atoms with Crippen LogP contribution in [0.4, 0.5) is 0 Å². The van der Waals surface area contributed by atoms with Crippen molar-refractivity contribution in [2.24, 2.45) is 0 Å². The van der Waals surface area contributed by atoms with E-state index in [0.717, 1.165) is 4.43 Å². The fraction of sp³-hybridized carbons (Fsp3) is 1.00. The zero-order chi connectivity index (χ0) is 6.85. The summed E-state index contributed by atoms with van der Waals surface area (Å²) in [5, 5.41) is 17.9. The Hall–Kier alpha value is 0.610. The second-order valence-electron chi connectivity index (χ2n) is 2.09. The molecule has 3 nitrogen and oxygen atoms in total. The van der Waals surface area contributed by atoms with E-state index in [1.165, 1.54) is 0 Å². The van der Waals surface area contributed by atoms with E-state index in [1.807, 2.05) is 0 Å². The van der Waals surface area contributed by atoms with Gasteiger partial charge in [-0.25, -0.2) is 0 Å². The van der Waals surface area contributed by atoms with E-state index in [9.17, 15) is 0 Å². The third kappa shape index (κ3) is 1.76. The van der Waals surface area contributed by atoms with Crippen LogP contribution in [0.15, 0.2) is 0 Å². The number of hydrogen-bond acceptors (Lipinski definition) is 3. The lowest BCUT2D eigenvalue weighted by Crippen LogP contribution is -2.21. The first kappa shape index (κ1) is 7.71. The van der Waals surface area contributed by atoms with Crippen molar-refractivity contribution in [3.8, 4) is 0 Å². The van der Waals surface area contributed by atoms with Crippen LogP contribution in [0, 0.1) is 0 Å². The zero-order valence-corrected chi connectivity index (χ0v) is 6.98. The van der Waals surface area contributed by atoms with E-state index in [-0.39, 0.29) is 6.10 Å². The van der Waals surface area contributed by atoms with Crippen molar-refractivity contribution in [1.82, 2.24) is 0 Å². The first-order valence-electron chi connectivity index (χ1n) is 2.81. The van der Waals surface area contributed by atoms with Crippen molar-refractivity contribution < 1.29 is 14.9 Å². The molecule has 1 unspecified atom stereocenters. The van der Waals surface area contributed by atoms with E-state index in [1.54, 1.807) is 0 Å². The predicted octanol–water partition coefficient (Wildman–Crippen LogP) is -0.110. The molecule has 1 aliphatic heterocycles. The molecular formula is C5H9IO3. The third-order valence-corrected chi connectivity index (χ3v) is 2.22. The molecule has 0 amide bonds. The number of aliphatic hydroxyl groups is 2. The van der Waals surface area contributed by atoms with Crippen molar-refractivity contribution in [3.05, 3.63) is 0 Å². The average molecular weight is 244 g/mol. The fourth-order valence-electron chi connectivity index (χ4n) is 0.846. The van der Waals surface area contributed by atoms with Crippen LogP contribution < -0.4 is 0 Å². The maximum absolute atomic E-state index is 9.07. The van der Waals surface area contributed by atoms with Crippen LogP contribution >= 0.6 is 22.6 Å². The second-order valence-corrected chi connectivity index (χ2v) is 2.97. The van der Waals surface area contributed by atoms with Gasteiger partial charge in [0.15, 0.2) is 6.29 Å². The van der Waals surface area contributed by atoms with E-state index >= 15 is 0 Å². The Morgan fingerprint density at radius 1 is 1.56 bits per heavy atom. The van der Waals surface area contributed by atoms with Crippen molar-refractivity contribution in [3.63, 3.8) is 0 Å². The summed E-state index contributed by atoms with van der Waals surface area (Å²) in [6.45, 7) is 0. The van der Waals surface area contributed by atoms with Crippen molar-refractivity contribution >= 4 is 22.6 Å². The van der Waals surface area contributed by atoms with Crippen LogP contribution in [0.25, 0.3) is 0 Å². The quantitative estimate of drug-likeness (QED) is 0.499. The molecule has 1 heterocycles. The van der Waals surface area contributed by atoms with E-state index in [2.05, 4.69) is 22.6 Å². The van der Waals surface area contributed by atoms with Crippen LogP contribution in [0.1, 0.15) is 6.42 Å². The van der Waals surface area contributed by atoms with Gasteiger partial charge in [-0.1, -0.05) is 22.6 Å². The SMILES string of the molecule is OC1C[C@H](O)[C@@H](CI)O1. The fourth-order valence-corrected chi connectivity index (χ4v) is 1.64. The molecule has 2 N–H and O–H groups in total. The summed E-state index contributed by atoms with van der Waals surface area (Å²) in [5.41, 5.74) is 0. The predicted molar refractivity (Wildman–Crippen MR) is 40.4 cm³/mol. The minimum atomic E-state index is -0.750. The van der Waals surface area contributed by atoms with Gasteiger partial charge < -0.3 is 14.9 Å². The highest BCUT2D eigenvalue weighted by Crippen LogP contribution is 2.19. The van der Waals surface area contributed by atoms with Gasteiger partial charge in [-0.3, -0.25) is 0 Å². The zero-order valence-electron chi connectivity index (χ0n) is 4.83. The molecule has 0 radical (unpaired) electrons. The average Bonchev–Trinajstić information content (AvgIpc) is 2.10. The Kier molecular flexibility index (Phi) is 2.69. The smallest absolute Gasteiger partial charge is 0.157 e. The first-order chi connectivity index (χ1) is 4.24. The highest BCUT2D eigenvalue weighted by Gasteiger charge is 2.31. The molecule has 0 saturated carbocycles. The molecule has 0 aliphatic carbocycles. The highest BCUT2D eigenvalue weighted by atomic mass is 127. The van der Waals surface area contributed by atoms with Crippen molar-refractivity contribution in [2.45, 2.75) is 24.9 Å². The topological polar surface area (TPSA) is 49.7 Å². The van der Waals surface area contributed by atoms with Gasteiger partial charge in [0.2, 0.25) is 0 Å². The van der Waals surface area contributed by atoms with Gasteiger partial charge in [-0.2, -0.15) is 0 Å². The molecule has 0 aromatic rings. The molecule has 0 bridgehead atoms. The maximum atomic E-state index is 9.07. The van der Waals surface area contributed by atoms with Crippen LogP contribution in [0.3, 0.4) is 0 Å². The van der Waals surface area contributed by atoms with Crippen LogP contribution in [0.5, 0.6) is 0 Å². The molecule has 1 saturated heterocycles. The van der Waals surface area contributed by atoms with Crippen molar-refractivity contribution in [2.75, 3.05) is 4.43 Å². The number of alkyl halides is 1. The molecule has 1 rings (SSSR count). The van der Waals surface area contributed by atoms with Gasteiger partial charge in [0.05, 0.1) is 12.2 Å². The molecule has 1 fully saturated rings. The summed E-state index contributed by atoms with van der Waals surface area (Å²) in [5.74, 6) is 0. The molecule has 0 aromatic carbocycles. The number of rotatable bonds is 1. The highest BCUT2D eigenvalue weighted by molar-refractivity contribution is 14.1. The number of aliphatic hydroxyl groups excluding tert-OH is 2. The summed E-state index contributed by atoms with van der Waals surface area (Å²) in [7, 11) is 0. The number of halogens is 1. The van der Waals surface area contributed by atoms with Crippen LogP contribution in [-0.2, 0) is 4.74 Å². The monoisotopic (exact) mass is 244 g/mol. The minimum absolute atomic E-state index is 0.166. The standard InChI is InChI=1S/C5H9IO3/c6-2-4-3(7)1-5(8)9-4/h3-5,7-8H,1-2H2/t3-,4+,5?/m0/s1. The van der Waals surface area contributed by atoms with Gasteiger partial charge in [0, 0.05) is 10.8 Å². The molecule has 54 valence electrons. The Morgan fingerprint density at radius 2 is 2.22 bits per heavy atom. The first-order valence-corrected chi connectivity index (χ1v) is 4.34. The van der Waals surface area contributed by atoms with E-state index in [4.69, 9.17) is 14.9 Å². The van der Waals surface area contributed by atoms with Crippen LogP contribution in [0.2, 0.25) is 0 Å². The lowest BCUT2D eigenvalue weighted by molar-refractivity contribution is -0.0866. The Labute approximate surface area is 67.2 Å². The minimum Gasteiger partial charge on any atom is -0.390 e. The summed E-state index contributed by atoms with van der Waals surface area (Å²) in [4.78, 5) is 0. The molecule has 1 aliphatic rings. The van der Waals surface area contributed by atoms with Gasteiger partial charge in [-0.15, -0.1) is 0 Å². The summed E-state index contributed by atoms with van der Waals surface area (Å²) >= 11 is 2.12. The number of hydrogen-bond donors (Lipinski definition) is 2. The van der Waals surface area contributed by atoms with Crippen molar-refractivity contribution in [1.29, 1.82) is 0 Å².